The number of hydrogen-bond donors (Lipinski definition) is 0. The summed E-state index contributed by atoms with van der Waals surface area (Å²) in [7, 11) is 0. The number of carbonyl (C=O) groups is 1. The molecule has 1 aliphatic heterocycles. The fourth-order valence-corrected chi connectivity index (χ4v) is 2.78. The Morgan fingerprint density at radius 3 is 3.00 bits per heavy atom. The molecular formula is C16H23NO2. The molecule has 0 aromatic heterocycles. The number of aryl methyl sites for hydroxylation is 2. The molecule has 0 aliphatic carbocycles. The molecule has 0 saturated heterocycles. The zero-order chi connectivity index (χ0) is 13.8. The Balaban J connectivity index is 2.12. The van der Waals surface area contributed by atoms with E-state index in [0.717, 1.165) is 19.4 Å². The van der Waals surface area contributed by atoms with Gasteiger partial charge in [0, 0.05) is 18.3 Å². The van der Waals surface area contributed by atoms with Crippen molar-refractivity contribution in [1.29, 1.82) is 0 Å². The lowest BCUT2D eigenvalue weighted by Gasteiger charge is -2.36. The van der Waals surface area contributed by atoms with Gasteiger partial charge < -0.3 is 9.64 Å². The molecule has 0 saturated carbocycles. The number of ether oxygens (including phenoxy) is 1. The predicted molar refractivity (Wildman–Crippen MR) is 77.6 cm³/mol. The second-order valence-electron chi connectivity index (χ2n) is 5.29. The number of esters is 1. The third-order valence-electron chi connectivity index (χ3n) is 3.69. The SMILES string of the molecule is CCOC(=O)CC(C)N1CCCc2cc(C)ccc21. The molecule has 1 aliphatic rings. The molecule has 1 heterocycles. The number of carbonyl (C=O) groups excluding carboxylic acids is 1. The molecule has 2 rings (SSSR count). The van der Waals surface area contributed by atoms with Crippen molar-refractivity contribution in [3.8, 4) is 0 Å². The minimum atomic E-state index is -0.103. The fraction of sp³-hybridized carbons (Fsp3) is 0.562. The normalized spacial score (nSPS) is 15.8. The van der Waals surface area contributed by atoms with Crippen molar-refractivity contribution in [2.75, 3.05) is 18.1 Å². The smallest absolute Gasteiger partial charge is 0.307 e. The van der Waals surface area contributed by atoms with Gasteiger partial charge in [0.1, 0.15) is 0 Å². The number of benzene rings is 1. The van der Waals surface area contributed by atoms with Crippen molar-refractivity contribution in [2.24, 2.45) is 0 Å². The van der Waals surface area contributed by atoms with Crippen molar-refractivity contribution in [3.05, 3.63) is 29.3 Å². The Hall–Kier alpha value is -1.51. The molecule has 0 amide bonds. The van der Waals surface area contributed by atoms with E-state index in [1.54, 1.807) is 0 Å². The van der Waals surface area contributed by atoms with Crippen LogP contribution < -0.4 is 4.90 Å². The maximum Gasteiger partial charge on any atom is 0.307 e. The van der Waals surface area contributed by atoms with Crippen molar-refractivity contribution in [3.63, 3.8) is 0 Å². The van der Waals surface area contributed by atoms with Crippen LogP contribution in [0.3, 0.4) is 0 Å². The second-order valence-corrected chi connectivity index (χ2v) is 5.29. The largest absolute Gasteiger partial charge is 0.466 e. The fourth-order valence-electron chi connectivity index (χ4n) is 2.78. The first-order valence-corrected chi connectivity index (χ1v) is 7.13. The van der Waals surface area contributed by atoms with Crippen LogP contribution in [0.4, 0.5) is 5.69 Å². The van der Waals surface area contributed by atoms with E-state index >= 15 is 0 Å². The van der Waals surface area contributed by atoms with E-state index in [4.69, 9.17) is 4.74 Å². The molecule has 1 aromatic rings. The summed E-state index contributed by atoms with van der Waals surface area (Å²) in [5, 5.41) is 0. The number of hydrogen-bond acceptors (Lipinski definition) is 3. The maximum absolute atomic E-state index is 11.6. The Bertz CT molecular complexity index is 456. The Labute approximate surface area is 115 Å². The molecule has 19 heavy (non-hydrogen) atoms. The zero-order valence-electron chi connectivity index (χ0n) is 12.1. The average molecular weight is 261 g/mol. The lowest BCUT2D eigenvalue weighted by Crippen LogP contribution is -2.38. The quantitative estimate of drug-likeness (QED) is 0.780. The van der Waals surface area contributed by atoms with Gasteiger partial charge in [-0.2, -0.15) is 0 Å². The first kappa shape index (κ1) is 13.9. The van der Waals surface area contributed by atoms with Gasteiger partial charge in [-0.25, -0.2) is 0 Å². The predicted octanol–water partition coefficient (Wildman–Crippen LogP) is 3.09. The van der Waals surface area contributed by atoms with Crippen LogP contribution >= 0.6 is 0 Å². The van der Waals surface area contributed by atoms with Crippen molar-refractivity contribution >= 4 is 11.7 Å². The van der Waals surface area contributed by atoms with E-state index in [1.807, 2.05) is 6.92 Å². The molecule has 0 spiro atoms. The van der Waals surface area contributed by atoms with Crippen LogP contribution in [0.15, 0.2) is 18.2 Å². The Morgan fingerprint density at radius 2 is 2.26 bits per heavy atom. The summed E-state index contributed by atoms with van der Waals surface area (Å²) in [6, 6.07) is 6.79. The highest BCUT2D eigenvalue weighted by atomic mass is 16.5. The first-order chi connectivity index (χ1) is 9.11. The maximum atomic E-state index is 11.6. The van der Waals surface area contributed by atoms with Crippen LogP contribution in [0.5, 0.6) is 0 Å². The van der Waals surface area contributed by atoms with Crippen molar-refractivity contribution < 1.29 is 9.53 Å². The summed E-state index contributed by atoms with van der Waals surface area (Å²) < 4.78 is 5.04. The molecule has 1 aromatic carbocycles. The van der Waals surface area contributed by atoms with Gasteiger partial charge in [0.15, 0.2) is 0 Å². The monoisotopic (exact) mass is 261 g/mol. The first-order valence-electron chi connectivity index (χ1n) is 7.13. The molecule has 0 fully saturated rings. The molecule has 104 valence electrons. The number of rotatable bonds is 4. The van der Waals surface area contributed by atoms with Gasteiger partial charge in [0.25, 0.3) is 0 Å². The molecule has 0 radical (unpaired) electrons. The molecule has 1 atom stereocenters. The van der Waals surface area contributed by atoms with Gasteiger partial charge in [-0.3, -0.25) is 4.79 Å². The summed E-state index contributed by atoms with van der Waals surface area (Å²) in [6.45, 7) is 7.56. The molecule has 1 unspecified atom stereocenters. The highest BCUT2D eigenvalue weighted by Gasteiger charge is 2.23. The van der Waals surface area contributed by atoms with Crippen molar-refractivity contribution in [2.45, 2.75) is 46.1 Å². The highest BCUT2D eigenvalue weighted by Crippen LogP contribution is 2.30. The minimum absolute atomic E-state index is 0.103. The van der Waals surface area contributed by atoms with Gasteiger partial charge in [-0.15, -0.1) is 0 Å². The van der Waals surface area contributed by atoms with Crippen LogP contribution in [0.2, 0.25) is 0 Å². The Morgan fingerprint density at radius 1 is 1.47 bits per heavy atom. The molecule has 0 bridgehead atoms. The number of nitrogens with zero attached hydrogens (tertiary/aromatic N) is 1. The summed E-state index contributed by atoms with van der Waals surface area (Å²) in [5.74, 6) is -0.103. The molecule has 3 heteroatoms. The van der Waals surface area contributed by atoms with Gasteiger partial charge in [0.2, 0.25) is 0 Å². The van der Waals surface area contributed by atoms with E-state index in [2.05, 4.69) is 36.9 Å². The zero-order valence-corrected chi connectivity index (χ0v) is 12.1. The summed E-state index contributed by atoms with van der Waals surface area (Å²) in [5.41, 5.74) is 3.99. The van der Waals surface area contributed by atoms with Crippen LogP contribution in [-0.4, -0.2) is 25.2 Å². The lowest BCUT2D eigenvalue weighted by molar-refractivity contribution is -0.143. The van der Waals surface area contributed by atoms with Gasteiger partial charge in [-0.05, 0) is 45.2 Å². The van der Waals surface area contributed by atoms with Crippen molar-refractivity contribution in [1.82, 2.24) is 0 Å². The van der Waals surface area contributed by atoms with Gasteiger partial charge in [-0.1, -0.05) is 17.7 Å². The standard InChI is InChI=1S/C16H23NO2/c1-4-19-16(18)11-13(3)17-9-5-6-14-10-12(2)7-8-15(14)17/h7-8,10,13H,4-6,9,11H2,1-3H3. The third-order valence-corrected chi connectivity index (χ3v) is 3.69. The molecule has 3 nitrogen and oxygen atoms in total. The van der Waals surface area contributed by atoms with Crippen LogP contribution in [0, 0.1) is 6.92 Å². The summed E-state index contributed by atoms with van der Waals surface area (Å²) in [6.07, 6.45) is 2.75. The van der Waals surface area contributed by atoms with E-state index < -0.39 is 0 Å². The summed E-state index contributed by atoms with van der Waals surface area (Å²) in [4.78, 5) is 14.0. The van der Waals surface area contributed by atoms with Crippen LogP contribution in [0.1, 0.15) is 37.8 Å². The second kappa shape index (κ2) is 6.09. The Kier molecular flexibility index (Phi) is 4.46. The third kappa shape index (κ3) is 3.28. The summed E-state index contributed by atoms with van der Waals surface area (Å²) >= 11 is 0. The van der Waals surface area contributed by atoms with E-state index in [1.165, 1.54) is 16.8 Å². The topological polar surface area (TPSA) is 29.5 Å². The number of fused-ring (bicyclic) bond motifs is 1. The molecule has 0 N–H and O–H groups in total. The molecular weight excluding hydrogens is 238 g/mol. The van der Waals surface area contributed by atoms with Crippen LogP contribution in [0.25, 0.3) is 0 Å². The van der Waals surface area contributed by atoms with E-state index in [0.29, 0.717) is 13.0 Å². The van der Waals surface area contributed by atoms with Crippen LogP contribution in [-0.2, 0) is 16.0 Å². The van der Waals surface area contributed by atoms with E-state index in [-0.39, 0.29) is 12.0 Å². The average Bonchev–Trinajstić information content (AvgIpc) is 2.37. The van der Waals surface area contributed by atoms with Gasteiger partial charge >= 0.3 is 5.97 Å². The highest BCUT2D eigenvalue weighted by molar-refractivity contribution is 5.71. The lowest BCUT2D eigenvalue weighted by atomic mass is 9.98. The van der Waals surface area contributed by atoms with E-state index in [9.17, 15) is 4.79 Å². The van der Waals surface area contributed by atoms with Gasteiger partial charge in [0.05, 0.1) is 13.0 Å². The minimum Gasteiger partial charge on any atom is -0.466 e. The number of anilines is 1.